The van der Waals surface area contributed by atoms with E-state index in [0.29, 0.717) is 5.69 Å². The number of aryl methyl sites for hydroxylation is 1. The molecule has 0 saturated heterocycles. The highest BCUT2D eigenvalue weighted by atomic mass is 19.3. The highest BCUT2D eigenvalue weighted by Crippen LogP contribution is 2.22. The molecule has 2 rings (SSSR count). The summed E-state index contributed by atoms with van der Waals surface area (Å²) in [5.41, 5.74) is 0.641. The number of rotatable bonds is 4. The third-order valence-electron chi connectivity index (χ3n) is 3.06. The highest BCUT2D eigenvalue weighted by molar-refractivity contribution is 6.58. The van der Waals surface area contributed by atoms with E-state index in [1.54, 1.807) is 6.92 Å². The molecule has 2 aromatic rings. The fourth-order valence-corrected chi connectivity index (χ4v) is 2.03. The minimum Gasteiger partial charge on any atom is -0.423 e. The quantitative estimate of drug-likeness (QED) is 0.651. The van der Waals surface area contributed by atoms with Crippen molar-refractivity contribution in [3.05, 3.63) is 41.2 Å². The average Bonchev–Trinajstić information content (AvgIpc) is 2.80. The Labute approximate surface area is 120 Å². The molecule has 0 radical (unpaired) electrons. The van der Waals surface area contributed by atoms with Gasteiger partial charge in [-0.2, -0.15) is 5.10 Å². The molecule has 0 aliphatic carbocycles. The summed E-state index contributed by atoms with van der Waals surface area (Å²) in [5, 5.41) is 22.2. The Morgan fingerprint density at radius 2 is 2.00 bits per heavy atom. The van der Waals surface area contributed by atoms with Crippen molar-refractivity contribution >= 4 is 18.4 Å². The van der Waals surface area contributed by atoms with E-state index in [-0.39, 0.29) is 22.5 Å². The number of benzene rings is 1. The van der Waals surface area contributed by atoms with Gasteiger partial charge in [0.1, 0.15) is 5.69 Å². The Bertz CT molecular complexity index is 686. The summed E-state index contributed by atoms with van der Waals surface area (Å²) in [4.78, 5) is 11.7. The first-order valence-corrected chi connectivity index (χ1v) is 6.17. The fourth-order valence-electron chi connectivity index (χ4n) is 2.03. The van der Waals surface area contributed by atoms with Crippen molar-refractivity contribution < 1.29 is 23.6 Å². The van der Waals surface area contributed by atoms with Gasteiger partial charge in [0, 0.05) is 11.3 Å². The molecular weight excluding hydrogens is 281 g/mol. The molecule has 8 heteroatoms. The van der Waals surface area contributed by atoms with Gasteiger partial charge in [-0.3, -0.25) is 4.79 Å². The Morgan fingerprint density at radius 1 is 1.33 bits per heavy atom. The van der Waals surface area contributed by atoms with Gasteiger partial charge >= 0.3 is 7.12 Å². The molecule has 0 atom stereocenters. The maximum atomic E-state index is 12.7. The zero-order valence-electron chi connectivity index (χ0n) is 11.4. The molecule has 0 fully saturated rings. The zero-order chi connectivity index (χ0) is 15.7. The molecule has 0 spiro atoms. The first-order valence-electron chi connectivity index (χ1n) is 6.17. The molecular formula is C13H13BF2N2O3. The van der Waals surface area contributed by atoms with Gasteiger partial charge in [-0.05, 0) is 37.5 Å². The van der Waals surface area contributed by atoms with Crippen LogP contribution in [0.15, 0.2) is 24.3 Å². The summed E-state index contributed by atoms with van der Waals surface area (Å²) in [7, 11) is -1.73. The molecule has 21 heavy (non-hydrogen) atoms. The minimum absolute atomic E-state index is 0.142. The SMILES string of the molecule is CC(=O)c1ccc(B(O)O)cc1-n1nc(C(F)F)cc1C. The van der Waals surface area contributed by atoms with E-state index in [2.05, 4.69) is 5.10 Å². The van der Waals surface area contributed by atoms with Crippen molar-refractivity contribution in [2.24, 2.45) is 0 Å². The number of Topliss-reactive ketones (excluding diaryl/α,β-unsaturated/α-hetero) is 1. The molecule has 1 aromatic heterocycles. The number of aromatic nitrogens is 2. The highest BCUT2D eigenvalue weighted by Gasteiger charge is 2.20. The Kier molecular flexibility index (Phi) is 4.20. The van der Waals surface area contributed by atoms with Crippen LogP contribution < -0.4 is 5.46 Å². The second-order valence-electron chi connectivity index (χ2n) is 4.63. The third kappa shape index (κ3) is 3.01. The first kappa shape index (κ1) is 15.3. The van der Waals surface area contributed by atoms with Gasteiger partial charge in [0.2, 0.25) is 0 Å². The number of hydrogen-bond acceptors (Lipinski definition) is 4. The van der Waals surface area contributed by atoms with E-state index in [0.717, 1.165) is 0 Å². The van der Waals surface area contributed by atoms with Crippen molar-refractivity contribution in [1.29, 1.82) is 0 Å². The summed E-state index contributed by atoms with van der Waals surface area (Å²) in [6, 6.07) is 5.36. The van der Waals surface area contributed by atoms with E-state index in [4.69, 9.17) is 0 Å². The Balaban J connectivity index is 2.65. The number of hydrogen-bond donors (Lipinski definition) is 2. The lowest BCUT2D eigenvalue weighted by atomic mass is 9.79. The number of nitrogens with zero attached hydrogens (tertiary/aromatic N) is 2. The van der Waals surface area contributed by atoms with Crippen LogP contribution in [0.4, 0.5) is 8.78 Å². The van der Waals surface area contributed by atoms with Crippen LogP contribution in [0, 0.1) is 6.92 Å². The summed E-state index contributed by atoms with van der Waals surface area (Å²) >= 11 is 0. The molecule has 0 bridgehead atoms. The minimum atomic E-state index is -2.72. The molecule has 0 amide bonds. The predicted octanol–water partition coefficient (Wildman–Crippen LogP) is 1.00. The average molecular weight is 294 g/mol. The standard InChI is InChI=1S/C13H13BF2N2O3/c1-7-5-11(13(15)16)17-18(7)12-6-9(14(20)21)3-4-10(12)8(2)19/h3-6,13,20-21H,1-2H3. The van der Waals surface area contributed by atoms with Gasteiger partial charge in [-0.15, -0.1) is 0 Å². The fraction of sp³-hybridized carbons (Fsp3) is 0.231. The maximum Gasteiger partial charge on any atom is 0.488 e. The van der Waals surface area contributed by atoms with Crippen LogP contribution in [0.5, 0.6) is 0 Å². The lowest BCUT2D eigenvalue weighted by Gasteiger charge is -2.11. The van der Waals surface area contributed by atoms with Crippen LogP contribution in [-0.2, 0) is 0 Å². The largest absolute Gasteiger partial charge is 0.488 e. The molecule has 0 saturated carbocycles. The van der Waals surface area contributed by atoms with Crippen molar-refractivity contribution in [3.8, 4) is 5.69 Å². The third-order valence-corrected chi connectivity index (χ3v) is 3.06. The van der Waals surface area contributed by atoms with E-state index in [1.807, 2.05) is 0 Å². The van der Waals surface area contributed by atoms with Gasteiger partial charge < -0.3 is 10.0 Å². The number of carbonyl (C=O) groups is 1. The number of halogens is 2. The Hall–Kier alpha value is -2.06. The lowest BCUT2D eigenvalue weighted by molar-refractivity contribution is 0.101. The molecule has 0 aliphatic heterocycles. The maximum absolute atomic E-state index is 12.7. The van der Waals surface area contributed by atoms with Crippen LogP contribution in [0.2, 0.25) is 0 Å². The zero-order valence-corrected chi connectivity index (χ0v) is 11.4. The predicted molar refractivity (Wildman–Crippen MR) is 73.1 cm³/mol. The monoisotopic (exact) mass is 294 g/mol. The van der Waals surface area contributed by atoms with E-state index in [1.165, 1.54) is 35.9 Å². The molecule has 5 nitrogen and oxygen atoms in total. The van der Waals surface area contributed by atoms with Crippen molar-refractivity contribution in [1.82, 2.24) is 9.78 Å². The van der Waals surface area contributed by atoms with E-state index >= 15 is 0 Å². The summed E-state index contributed by atoms with van der Waals surface area (Å²) in [5.74, 6) is -0.280. The van der Waals surface area contributed by atoms with Crippen molar-refractivity contribution in [2.75, 3.05) is 0 Å². The van der Waals surface area contributed by atoms with Crippen LogP contribution in [0.25, 0.3) is 5.69 Å². The van der Waals surface area contributed by atoms with Crippen LogP contribution in [-0.4, -0.2) is 32.7 Å². The van der Waals surface area contributed by atoms with Gasteiger partial charge in [-0.1, -0.05) is 6.07 Å². The molecule has 110 valence electrons. The number of alkyl halides is 2. The smallest absolute Gasteiger partial charge is 0.423 e. The second kappa shape index (κ2) is 5.75. The lowest BCUT2D eigenvalue weighted by Crippen LogP contribution is -2.30. The van der Waals surface area contributed by atoms with Gasteiger partial charge in [0.05, 0.1) is 5.69 Å². The summed E-state index contributed by atoms with van der Waals surface area (Å²) in [6.45, 7) is 2.91. The van der Waals surface area contributed by atoms with E-state index < -0.39 is 19.2 Å². The second-order valence-corrected chi connectivity index (χ2v) is 4.63. The van der Waals surface area contributed by atoms with Gasteiger partial charge in [0.25, 0.3) is 6.43 Å². The van der Waals surface area contributed by atoms with Gasteiger partial charge in [-0.25, -0.2) is 13.5 Å². The normalized spacial score (nSPS) is 11.0. The number of ketones is 1. The number of carbonyl (C=O) groups excluding carboxylic acids is 1. The summed E-state index contributed by atoms with van der Waals surface area (Å²) < 4.78 is 26.6. The molecule has 1 aromatic carbocycles. The summed E-state index contributed by atoms with van der Waals surface area (Å²) in [6.07, 6.45) is -2.72. The molecule has 1 heterocycles. The first-order chi connectivity index (χ1) is 9.81. The van der Waals surface area contributed by atoms with Crippen LogP contribution in [0.3, 0.4) is 0 Å². The molecule has 0 aliphatic rings. The van der Waals surface area contributed by atoms with Crippen LogP contribution in [0.1, 0.15) is 35.1 Å². The molecule has 2 N–H and O–H groups in total. The van der Waals surface area contributed by atoms with Crippen LogP contribution >= 0.6 is 0 Å². The van der Waals surface area contributed by atoms with E-state index in [9.17, 15) is 23.6 Å². The van der Waals surface area contributed by atoms with Crippen molar-refractivity contribution in [3.63, 3.8) is 0 Å². The van der Waals surface area contributed by atoms with Gasteiger partial charge in [0.15, 0.2) is 5.78 Å². The topological polar surface area (TPSA) is 75.3 Å². The Morgan fingerprint density at radius 3 is 2.48 bits per heavy atom. The van der Waals surface area contributed by atoms with Crippen molar-refractivity contribution in [2.45, 2.75) is 20.3 Å². The molecule has 0 unspecified atom stereocenters.